The minimum Gasteiger partial charge on any atom is -0.355 e. The highest BCUT2D eigenvalue weighted by Crippen LogP contribution is 2.31. The van der Waals surface area contributed by atoms with Crippen LogP contribution in [0, 0.1) is 5.92 Å². The predicted octanol–water partition coefficient (Wildman–Crippen LogP) is 1.93. The molecule has 2 heterocycles. The number of amides is 3. The number of anilines is 1. The molecule has 7 heteroatoms. The van der Waals surface area contributed by atoms with Crippen molar-refractivity contribution in [1.82, 2.24) is 10.2 Å². The summed E-state index contributed by atoms with van der Waals surface area (Å²) in [6.07, 6.45) is 2.65. The van der Waals surface area contributed by atoms with E-state index in [1.807, 2.05) is 29.2 Å². The van der Waals surface area contributed by atoms with Crippen LogP contribution in [0.15, 0.2) is 28.7 Å². The molecule has 0 saturated carbocycles. The molecule has 1 N–H and O–H groups in total. The normalized spacial score (nSPS) is 20.2. The number of nitrogens with zero attached hydrogens (tertiary/aromatic N) is 2. The molecule has 3 rings (SSSR count). The Morgan fingerprint density at radius 1 is 1.20 bits per heavy atom. The van der Waals surface area contributed by atoms with E-state index in [1.165, 1.54) is 0 Å². The number of likely N-dealkylation sites (tertiary alicyclic amines) is 1. The van der Waals surface area contributed by atoms with Crippen molar-refractivity contribution in [2.75, 3.05) is 31.1 Å². The maximum Gasteiger partial charge on any atom is 0.227 e. The lowest BCUT2D eigenvalue weighted by Crippen LogP contribution is -2.36. The number of benzene rings is 1. The van der Waals surface area contributed by atoms with Crippen LogP contribution in [-0.4, -0.2) is 48.8 Å². The van der Waals surface area contributed by atoms with E-state index in [9.17, 15) is 14.4 Å². The highest BCUT2D eigenvalue weighted by molar-refractivity contribution is 9.10. The Kier molecular flexibility index (Phi) is 5.73. The lowest BCUT2D eigenvalue weighted by molar-refractivity contribution is -0.130. The maximum absolute atomic E-state index is 12.3. The average molecular weight is 408 g/mol. The molecule has 3 amide bonds. The molecule has 6 nitrogen and oxygen atoms in total. The van der Waals surface area contributed by atoms with Gasteiger partial charge in [0.25, 0.3) is 0 Å². The second-order valence-corrected chi connectivity index (χ2v) is 7.34. The fourth-order valence-electron chi connectivity index (χ4n) is 3.35. The van der Waals surface area contributed by atoms with E-state index in [2.05, 4.69) is 21.2 Å². The lowest BCUT2D eigenvalue weighted by Gasteiger charge is -2.18. The number of carbonyl (C=O) groups excluding carboxylic acids is 3. The van der Waals surface area contributed by atoms with Crippen LogP contribution in [-0.2, 0) is 14.4 Å². The van der Waals surface area contributed by atoms with E-state index in [4.69, 9.17) is 0 Å². The van der Waals surface area contributed by atoms with Gasteiger partial charge in [0.05, 0.1) is 11.6 Å². The topological polar surface area (TPSA) is 69.7 Å². The molecule has 0 spiro atoms. The highest BCUT2D eigenvalue weighted by Gasteiger charge is 2.35. The molecule has 1 unspecified atom stereocenters. The maximum atomic E-state index is 12.3. The average Bonchev–Trinajstić information content (AvgIpc) is 3.25. The molecule has 1 atom stereocenters. The van der Waals surface area contributed by atoms with Crippen LogP contribution >= 0.6 is 15.9 Å². The number of hydrogen-bond acceptors (Lipinski definition) is 3. The Morgan fingerprint density at radius 2 is 1.92 bits per heavy atom. The fourth-order valence-corrected chi connectivity index (χ4v) is 3.85. The summed E-state index contributed by atoms with van der Waals surface area (Å²) in [6, 6.07) is 7.48. The minimum atomic E-state index is -0.374. The van der Waals surface area contributed by atoms with Crippen molar-refractivity contribution < 1.29 is 14.4 Å². The summed E-state index contributed by atoms with van der Waals surface area (Å²) in [7, 11) is 0. The van der Waals surface area contributed by atoms with Crippen molar-refractivity contribution in [2.45, 2.75) is 25.7 Å². The molecular weight excluding hydrogens is 386 g/mol. The number of hydrogen-bond donors (Lipinski definition) is 1. The van der Waals surface area contributed by atoms with Gasteiger partial charge in [-0.25, -0.2) is 0 Å². The smallest absolute Gasteiger partial charge is 0.227 e. The highest BCUT2D eigenvalue weighted by atomic mass is 79.9. The molecule has 0 aliphatic carbocycles. The Morgan fingerprint density at radius 3 is 2.64 bits per heavy atom. The van der Waals surface area contributed by atoms with Crippen LogP contribution < -0.4 is 10.2 Å². The van der Waals surface area contributed by atoms with Gasteiger partial charge in [-0.05, 0) is 40.9 Å². The van der Waals surface area contributed by atoms with Gasteiger partial charge in [0.15, 0.2) is 0 Å². The second-order valence-electron chi connectivity index (χ2n) is 6.49. The van der Waals surface area contributed by atoms with Gasteiger partial charge in [-0.3, -0.25) is 14.4 Å². The summed E-state index contributed by atoms with van der Waals surface area (Å²) < 4.78 is 0.834. The van der Waals surface area contributed by atoms with Gasteiger partial charge < -0.3 is 15.1 Å². The minimum absolute atomic E-state index is 0.0554. The monoisotopic (exact) mass is 407 g/mol. The zero-order valence-corrected chi connectivity index (χ0v) is 15.6. The van der Waals surface area contributed by atoms with Gasteiger partial charge >= 0.3 is 0 Å². The molecule has 2 aliphatic rings. The van der Waals surface area contributed by atoms with Gasteiger partial charge in [-0.1, -0.05) is 12.1 Å². The quantitative estimate of drug-likeness (QED) is 0.810. The van der Waals surface area contributed by atoms with Gasteiger partial charge in [-0.2, -0.15) is 0 Å². The number of halogens is 1. The molecule has 0 aromatic heterocycles. The third-order valence-corrected chi connectivity index (χ3v) is 5.41. The van der Waals surface area contributed by atoms with E-state index in [0.29, 0.717) is 19.5 Å². The Balaban J connectivity index is 1.49. The molecule has 0 radical (unpaired) electrons. The molecule has 2 aliphatic heterocycles. The lowest BCUT2D eigenvalue weighted by atomic mass is 10.1. The summed E-state index contributed by atoms with van der Waals surface area (Å²) in [5, 5.41) is 2.81. The van der Waals surface area contributed by atoms with Gasteiger partial charge in [0.1, 0.15) is 0 Å². The summed E-state index contributed by atoms with van der Waals surface area (Å²) in [5.41, 5.74) is 0.784. The van der Waals surface area contributed by atoms with Crippen LogP contribution in [0.2, 0.25) is 0 Å². The zero-order chi connectivity index (χ0) is 17.8. The molecule has 2 saturated heterocycles. The summed E-state index contributed by atoms with van der Waals surface area (Å²) in [4.78, 5) is 40.1. The fraction of sp³-hybridized carbons (Fsp3) is 0.500. The Labute approximate surface area is 155 Å². The van der Waals surface area contributed by atoms with Gasteiger partial charge in [0.2, 0.25) is 17.7 Å². The van der Waals surface area contributed by atoms with Crippen molar-refractivity contribution in [3.8, 4) is 0 Å². The third kappa shape index (κ3) is 4.21. The molecular formula is C18H22BrN3O3. The molecule has 25 heavy (non-hydrogen) atoms. The van der Waals surface area contributed by atoms with E-state index in [-0.39, 0.29) is 30.1 Å². The Bertz CT molecular complexity index is 673. The van der Waals surface area contributed by atoms with Crippen molar-refractivity contribution in [3.63, 3.8) is 0 Å². The van der Waals surface area contributed by atoms with Crippen LogP contribution in [0.4, 0.5) is 5.69 Å². The van der Waals surface area contributed by atoms with Crippen molar-refractivity contribution >= 4 is 39.3 Å². The van der Waals surface area contributed by atoms with Crippen LogP contribution in [0.25, 0.3) is 0 Å². The molecule has 2 fully saturated rings. The number of rotatable bonds is 5. The van der Waals surface area contributed by atoms with Gasteiger partial charge in [-0.15, -0.1) is 0 Å². The molecule has 0 bridgehead atoms. The van der Waals surface area contributed by atoms with E-state index < -0.39 is 0 Å². The predicted molar refractivity (Wildman–Crippen MR) is 98.0 cm³/mol. The standard InChI is InChI=1S/C18H22BrN3O3/c19-14-5-1-2-6-15(14)22-12-13(11-17(22)24)18(25)20-8-7-16(23)21-9-3-4-10-21/h1-2,5-6,13H,3-4,7-12H2,(H,20,25). The first-order chi connectivity index (χ1) is 12.1. The van der Waals surface area contributed by atoms with Gasteiger partial charge in [0, 0.05) is 43.5 Å². The van der Waals surface area contributed by atoms with Crippen molar-refractivity contribution in [3.05, 3.63) is 28.7 Å². The van der Waals surface area contributed by atoms with E-state index >= 15 is 0 Å². The third-order valence-electron chi connectivity index (χ3n) is 4.74. The van der Waals surface area contributed by atoms with Crippen LogP contribution in [0.5, 0.6) is 0 Å². The van der Waals surface area contributed by atoms with Crippen molar-refractivity contribution in [1.29, 1.82) is 0 Å². The largest absolute Gasteiger partial charge is 0.355 e. The molecule has 134 valence electrons. The first-order valence-corrected chi connectivity index (χ1v) is 9.46. The molecule has 1 aromatic rings. The van der Waals surface area contributed by atoms with Crippen LogP contribution in [0.1, 0.15) is 25.7 Å². The van der Waals surface area contributed by atoms with Crippen molar-refractivity contribution in [2.24, 2.45) is 5.92 Å². The second kappa shape index (κ2) is 7.99. The first kappa shape index (κ1) is 17.9. The summed E-state index contributed by atoms with van der Waals surface area (Å²) in [6.45, 7) is 2.34. The number of nitrogens with one attached hydrogen (secondary N) is 1. The Hall–Kier alpha value is -1.89. The number of carbonyl (C=O) groups is 3. The van der Waals surface area contributed by atoms with Crippen LogP contribution in [0.3, 0.4) is 0 Å². The van der Waals surface area contributed by atoms with E-state index in [0.717, 1.165) is 36.1 Å². The summed E-state index contributed by atoms with van der Waals surface area (Å²) >= 11 is 3.44. The first-order valence-electron chi connectivity index (χ1n) is 8.66. The number of para-hydroxylation sites is 1. The summed E-state index contributed by atoms with van der Waals surface area (Å²) in [5.74, 6) is -0.492. The van der Waals surface area contributed by atoms with E-state index in [1.54, 1.807) is 4.90 Å². The zero-order valence-electron chi connectivity index (χ0n) is 14.0. The SMILES string of the molecule is O=C(NCCC(=O)N1CCCC1)C1CC(=O)N(c2ccccc2Br)C1. The molecule has 1 aromatic carbocycles.